The van der Waals surface area contributed by atoms with Crippen LogP contribution in [-0.4, -0.2) is 24.4 Å². The van der Waals surface area contributed by atoms with E-state index in [0.29, 0.717) is 0 Å². The zero-order valence-electron chi connectivity index (χ0n) is 23.0. The summed E-state index contributed by atoms with van der Waals surface area (Å²) in [5.41, 5.74) is 7.77. The number of anilines is 1. The van der Waals surface area contributed by atoms with Gasteiger partial charge in [0, 0.05) is 46.0 Å². The second kappa shape index (κ2) is 8.81. The second-order valence-electron chi connectivity index (χ2n) is 11.6. The molecule has 2 nitrogen and oxygen atoms in total. The minimum atomic E-state index is -0.0937. The molecule has 0 bridgehead atoms. The maximum atomic E-state index is 3.84. The van der Waals surface area contributed by atoms with Gasteiger partial charge in [0.1, 0.15) is 7.05 Å². The summed E-state index contributed by atoms with van der Waals surface area (Å²) in [6.07, 6.45) is 8.89. The quantitative estimate of drug-likeness (QED) is 0.178. The average molecular weight is 563 g/mol. The van der Waals surface area contributed by atoms with E-state index in [0.717, 1.165) is 4.48 Å². The summed E-state index contributed by atoms with van der Waals surface area (Å²) >= 11 is 3.84. The van der Waals surface area contributed by atoms with Crippen LogP contribution in [0.15, 0.2) is 107 Å². The summed E-state index contributed by atoms with van der Waals surface area (Å²) in [5, 5.41) is 5.26. The first-order valence-corrected chi connectivity index (χ1v) is 14.1. The lowest BCUT2D eigenvalue weighted by molar-refractivity contribution is -0.401. The lowest BCUT2D eigenvalue weighted by atomic mass is 9.79. The number of halogens is 1. The van der Waals surface area contributed by atoms with Crippen LogP contribution >= 0.6 is 15.9 Å². The average Bonchev–Trinajstić information content (AvgIpc) is 3.23. The highest BCUT2D eigenvalue weighted by atomic mass is 79.9. The van der Waals surface area contributed by atoms with Crippen molar-refractivity contribution in [3.05, 3.63) is 118 Å². The van der Waals surface area contributed by atoms with Crippen molar-refractivity contribution in [3.63, 3.8) is 0 Å². The molecule has 0 N–H and O–H groups in total. The summed E-state index contributed by atoms with van der Waals surface area (Å²) in [4.78, 5) is 2.34. The van der Waals surface area contributed by atoms with E-state index in [4.69, 9.17) is 0 Å². The van der Waals surface area contributed by atoms with Gasteiger partial charge in [0.05, 0.1) is 5.41 Å². The van der Waals surface area contributed by atoms with Crippen LogP contribution < -0.4 is 4.90 Å². The first-order chi connectivity index (χ1) is 18.1. The molecule has 0 aromatic heterocycles. The molecule has 0 amide bonds. The molecule has 0 saturated heterocycles. The Balaban J connectivity index is 1.34. The first kappa shape index (κ1) is 24.9. The molecule has 6 rings (SSSR count). The fraction of sp³-hybridized carbons (Fsp3) is 0.229. The molecular formula is C35H34BrN2+. The summed E-state index contributed by atoms with van der Waals surface area (Å²) in [6, 6.07) is 26.4. The van der Waals surface area contributed by atoms with E-state index in [2.05, 4.69) is 164 Å². The van der Waals surface area contributed by atoms with Crippen LogP contribution in [0.1, 0.15) is 38.8 Å². The van der Waals surface area contributed by atoms with Gasteiger partial charge in [-0.15, -0.1) is 0 Å². The third kappa shape index (κ3) is 3.63. The highest BCUT2D eigenvalue weighted by Crippen LogP contribution is 2.50. The summed E-state index contributed by atoms with van der Waals surface area (Å²) in [5.74, 6) is 0. The highest BCUT2D eigenvalue weighted by molar-refractivity contribution is 9.11. The van der Waals surface area contributed by atoms with Gasteiger partial charge < -0.3 is 4.90 Å². The van der Waals surface area contributed by atoms with Crippen LogP contribution in [0.5, 0.6) is 0 Å². The Morgan fingerprint density at radius 1 is 0.789 bits per heavy atom. The Bertz CT molecular complexity index is 1750. The summed E-state index contributed by atoms with van der Waals surface area (Å²) in [7, 11) is 4.36. The van der Waals surface area contributed by atoms with E-state index < -0.39 is 0 Å². The number of rotatable bonds is 3. The first-order valence-electron chi connectivity index (χ1n) is 13.3. The molecule has 0 unspecified atom stereocenters. The zero-order valence-corrected chi connectivity index (χ0v) is 24.6. The SMILES string of the molecule is CN1/C(=C/C=C(Br)/C=C/C2=[N+](C)c3ccc4ccccc4c3C2(C)C)C(C)(C)c2c1ccc1ccccc21. The van der Waals surface area contributed by atoms with E-state index in [1.165, 1.54) is 55.5 Å². The van der Waals surface area contributed by atoms with Gasteiger partial charge in [-0.2, -0.15) is 4.58 Å². The molecular weight excluding hydrogens is 528 g/mol. The van der Waals surface area contributed by atoms with Crippen molar-refractivity contribution in [3.8, 4) is 0 Å². The van der Waals surface area contributed by atoms with Gasteiger partial charge in [-0.25, -0.2) is 0 Å². The van der Waals surface area contributed by atoms with Crippen LogP contribution in [0.3, 0.4) is 0 Å². The van der Waals surface area contributed by atoms with Crippen molar-refractivity contribution in [2.24, 2.45) is 0 Å². The van der Waals surface area contributed by atoms with E-state index in [-0.39, 0.29) is 10.8 Å². The normalized spacial score (nSPS) is 19.3. The Hall–Kier alpha value is -3.43. The molecule has 38 heavy (non-hydrogen) atoms. The molecule has 2 aliphatic heterocycles. The van der Waals surface area contributed by atoms with Crippen molar-refractivity contribution in [2.45, 2.75) is 38.5 Å². The smallest absolute Gasteiger partial charge is 0.210 e. The van der Waals surface area contributed by atoms with Gasteiger partial charge in [-0.1, -0.05) is 84.4 Å². The van der Waals surface area contributed by atoms with Crippen molar-refractivity contribution >= 4 is 54.6 Å². The molecule has 0 saturated carbocycles. The zero-order chi connectivity index (χ0) is 26.8. The number of benzene rings is 4. The number of likely N-dealkylation sites (N-methyl/N-ethyl adjacent to an activating group) is 1. The maximum Gasteiger partial charge on any atom is 0.210 e. The van der Waals surface area contributed by atoms with Gasteiger partial charge >= 0.3 is 0 Å². The lowest BCUT2D eigenvalue weighted by Gasteiger charge is -2.24. The number of hydrogen-bond acceptors (Lipinski definition) is 1. The third-order valence-corrected chi connectivity index (χ3v) is 9.12. The molecule has 0 fully saturated rings. The van der Waals surface area contributed by atoms with Crippen LogP contribution in [0.4, 0.5) is 11.4 Å². The van der Waals surface area contributed by atoms with Crippen molar-refractivity contribution in [2.75, 3.05) is 19.0 Å². The Morgan fingerprint density at radius 3 is 2.08 bits per heavy atom. The largest absolute Gasteiger partial charge is 0.347 e. The standard InChI is InChI=1S/C35H34BrN2/c1-34(2)30(37(5)28-19-15-23-11-7-9-13-26(23)32(28)34)21-17-25(36)18-22-31-35(3,4)33-27-14-10-8-12-24(27)16-20-29(33)38(31)6/h7-22H,1-6H3/q+1. The monoisotopic (exact) mass is 561 g/mol. The minimum Gasteiger partial charge on any atom is -0.347 e. The molecule has 2 aliphatic rings. The van der Waals surface area contributed by atoms with Crippen molar-refractivity contribution in [1.82, 2.24) is 0 Å². The minimum absolute atomic E-state index is 0.0937. The predicted molar refractivity (Wildman–Crippen MR) is 167 cm³/mol. The Labute approximate surface area is 234 Å². The van der Waals surface area contributed by atoms with E-state index >= 15 is 0 Å². The number of allylic oxidation sites excluding steroid dienone is 6. The van der Waals surface area contributed by atoms with Crippen molar-refractivity contribution in [1.29, 1.82) is 0 Å². The maximum absolute atomic E-state index is 3.84. The van der Waals surface area contributed by atoms with Crippen LogP contribution in [0.2, 0.25) is 0 Å². The van der Waals surface area contributed by atoms with Gasteiger partial charge in [0.25, 0.3) is 0 Å². The van der Waals surface area contributed by atoms with Crippen LogP contribution in [0.25, 0.3) is 21.5 Å². The topological polar surface area (TPSA) is 6.25 Å². The molecule has 3 heteroatoms. The third-order valence-electron chi connectivity index (χ3n) is 8.59. The number of hydrogen-bond donors (Lipinski definition) is 0. The molecule has 0 radical (unpaired) electrons. The Morgan fingerprint density at radius 2 is 1.39 bits per heavy atom. The predicted octanol–water partition coefficient (Wildman–Crippen LogP) is 9.15. The van der Waals surface area contributed by atoms with Gasteiger partial charge in [0.15, 0.2) is 5.71 Å². The lowest BCUT2D eigenvalue weighted by Crippen LogP contribution is -2.26. The summed E-state index contributed by atoms with van der Waals surface area (Å²) in [6.45, 7) is 9.33. The fourth-order valence-corrected chi connectivity index (χ4v) is 7.02. The van der Waals surface area contributed by atoms with Gasteiger partial charge in [-0.3, -0.25) is 0 Å². The van der Waals surface area contributed by atoms with Gasteiger partial charge in [0.2, 0.25) is 5.69 Å². The summed E-state index contributed by atoms with van der Waals surface area (Å²) < 4.78 is 3.39. The van der Waals surface area contributed by atoms with E-state index in [1.807, 2.05) is 0 Å². The molecule has 0 spiro atoms. The molecule has 190 valence electrons. The van der Waals surface area contributed by atoms with Crippen molar-refractivity contribution < 1.29 is 4.58 Å². The highest BCUT2D eigenvalue weighted by Gasteiger charge is 2.44. The molecule has 0 aliphatic carbocycles. The van der Waals surface area contributed by atoms with Crippen LogP contribution in [0, 0.1) is 0 Å². The molecule has 2 heterocycles. The van der Waals surface area contributed by atoms with E-state index in [1.54, 1.807) is 0 Å². The number of fused-ring (bicyclic) bond motifs is 6. The second-order valence-corrected chi connectivity index (χ2v) is 12.5. The molecule has 0 atom stereocenters. The number of nitrogens with zero attached hydrogens (tertiary/aromatic N) is 2. The van der Waals surface area contributed by atoms with Crippen LogP contribution in [-0.2, 0) is 10.8 Å². The van der Waals surface area contributed by atoms with Gasteiger partial charge in [-0.05, 0) is 71.3 Å². The Kier molecular flexibility index (Phi) is 5.77. The van der Waals surface area contributed by atoms with E-state index in [9.17, 15) is 0 Å². The molecule has 4 aromatic rings. The fourth-order valence-electron chi connectivity index (χ4n) is 6.76. The molecule has 4 aromatic carbocycles.